The van der Waals surface area contributed by atoms with Crippen molar-refractivity contribution in [2.75, 3.05) is 13.2 Å². The number of esters is 1. The fourth-order valence-electron chi connectivity index (χ4n) is 2.71. The molecule has 0 aliphatic heterocycles. The van der Waals surface area contributed by atoms with E-state index in [1.54, 1.807) is 18.2 Å². The van der Waals surface area contributed by atoms with Gasteiger partial charge in [0.1, 0.15) is 24.9 Å². The number of carbonyl (C=O) groups excluding carboxylic acids is 2. The zero-order chi connectivity index (χ0) is 21.6. The van der Waals surface area contributed by atoms with E-state index in [-0.39, 0.29) is 5.56 Å². The van der Waals surface area contributed by atoms with E-state index in [2.05, 4.69) is 12.2 Å². The van der Waals surface area contributed by atoms with Gasteiger partial charge in [-0.05, 0) is 18.6 Å². The molecular weight excluding hydrogens is 378 g/mol. The molecule has 1 aromatic carbocycles. The minimum absolute atomic E-state index is 0.267. The highest BCUT2D eigenvalue weighted by atomic mass is 16.5. The van der Waals surface area contributed by atoms with Crippen molar-refractivity contribution in [2.45, 2.75) is 69.9 Å². The van der Waals surface area contributed by atoms with Gasteiger partial charge in [0.2, 0.25) is 0 Å². The van der Waals surface area contributed by atoms with E-state index in [1.165, 1.54) is 18.6 Å². The second-order valence-corrected chi connectivity index (χ2v) is 7.02. The van der Waals surface area contributed by atoms with Crippen molar-refractivity contribution in [1.29, 1.82) is 0 Å². The normalized spacial score (nSPS) is 15.2. The van der Waals surface area contributed by atoms with Crippen LogP contribution < -0.4 is 5.32 Å². The lowest BCUT2D eigenvalue weighted by molar-refractivity contribution is -0.149. The number of ether oxygens (including phenoxy) is 1. The van der Waals surface area contributed by atoms with Crippen LogP contribution in [0.5, 0.6) is 0 Å². The molecule has 4 unspecified atom stereocenters. The van der Waals surface area contributed by atoms with E-state index in [4.69, 9.17) is 4.74 Å². The highest BCUT2D eigenvalue weighted by Crippen LogP contribution is 2.09. The summed E-state index contributed by atoms with van der Waals surface area (Å²) in [6.45, 7) is 1.88. The van der Waals surface area contributed by atoms with Crippen LogP contribution in [0.15, 0.2) is 30.3 Å². The molecule has 0 heterocycles. The van der Waals surface area contributed by atoms with Crippen LogP contribution in [0.3, 0.4) is 0 Å². The van der Waals surface area contributed by atoms with Crippen LogP contribution in [0.25, 0.3) is 0 Å². The molecule has 0 saturated heterocycles. The van der Waals surface area contributed by atoms with Crippen molar-refractivity contribution in [3.8, 4) is 0 Å². The fraction of sp³-hybridized carbons (Fsp3) is 0.619. The molecule has 164 valence electrons. The van der Waals surface area contributed by atoms with E-state index in [0.29, 0.717) is 6.54 Å². The number of aliphatic hydroxyl groups is 4. The van der Waals surface area contributed by atoms with Crippen molar-refractivity contribution >= 4 is 11.9 Å². The third-order valence-corrected chi connectivity index (χ3v) is 4.56. The van der Waals surface area contributed by atoms with Crippen molar-refractivity contribution in [2.24, 2.45) is 0 Å². The van der Waals surface area contributed by atoms with Crippen molar-refractivity contribution in [3.63, 3.8) is 0 Å². The van der Waals surface area contributed by atoms with Gasteiger partial charge in [0.05, 0.1) is 5.56 Å². The summed E-state index contributed by atoms with van der Waals surface area (Å²) in [5.41, 5.74) is 0.267. The molecule has 0 bridgehead atoms. The number of carbonyl (C=O) groups is 2. The maximum absolute atomic E-state index is 11.9. The van der Waals surface area contributed by atoms with Gasteiger partial charge in [-0.3, -0.25) is 4.79 Å². The lowest BCUT2D eigenvalue weighted by atomic mass is 10.0. The molecule has 8 heteroatoms. The van der Waals surface area contributed by atoms with Gasteiger partial charge < -0.3 is 30.5 Å². The monoisotopic (exact) mass is 411 g/mol. The van der Waals surface area contributed by atoms with Crippen molar-refractivity contribution in [1.82, 2.24) is 5.32 Å². The Morgan fingerprint density at radius 3 is 2.21 bits per heavy atom. The van der Waals surface area contributed by atoms with Gasteiger partial charge >= 0.3 is 5.97 Å². The number of hydrogen-bond acceptors (Lipinski definition) is 7. The number of benzene rings is 1. The van der Waals surface area contributed by atoms with Crippen LogP contribution in [0.1, 0.15) is 55.8 Å². The van der Waals surface area contributed by atoms with Crippen LogP contribution in [0.4, 0.5) is 0 Å². The molecule has 0 fully saturated rings. The molecule has 1 rings (SSSR count). The van der Waals surface area contributed by atoms with Crippen LogP contribution in [-0.2, 0) is 9.53 Å². The van der Waals surface area contributed by atoms with Gasteiger partial charge in [0.15, 0.2) is 6.10 Å². The third-order valence-electron chi connectivity index (χ3n) is 4.56. The van der Waals surface area contributed by atoms with Crippen molar-refractivity contribution < 1.29 is 34.8 Å². The molecule has 0 aromatic heterocycles. The Bertz CT molecular complexity index is 596. The highest BCUT2D eigenvalue weighted by molar-refractivity contribution is 5.89. The van der Waals surface area contributed by atoms with Gasteiger partial charge in [-0.25, -0.2) is 4.79 Å². The van der Waals surface area contributed by atoms with E-state index in [1.807, 2.05) is 0 Å². The molecule has 0 spiro atoms. The Labute approximate surface area is 171 Å². The summed E-state index contributed by atoms with van der Waals surface area (Å²) in [5.74, 6) is -1.54. The van der Waals surface area contributed by atoms with Crippen molar-refractivity contribution in [3.05, 3.63) is 35.9 Å². The van der Waals surface area contributed by atoms with Gasteiger partial charge in [0, 0.05) is 6.54 Å². The predicted octanol–water partition coefficient (Wildman–Crippen LogP) is 0.764. The first kappa shape index (κ1) is 25.0. The number of rotatable bonds is 14. The number of hydrogen-bond donors (Lipinski definition) is 5. The number of unbranched alkanes of at least 4 members (excludes halogenated alkanes) is 5. The van der Waals surface area contributed by atoms with Gasteiger partial charge in [0.25, 0.3) is 5.91 Å². The summed E-state index contributed by atoms with van der Waals surface area (Å²) in [6, 6.07) is 8.07. The first-order valence-electron chi connectivity index (χ1n) is 10.1. The quantitative estimate of drug-likeness (QED) is 0.225. The summed E-state index contributed by atoms with van der Waals surface area (Å²) in [5, 5.41) is 42.2. The minimum Gasteiger partial charge on any atom is -0.459 e. The average molecular weight is 411 g/mol. The summed E-state index contributed by atoms with van der Waals surface area (Å²) < 4.78 is 4.88. The second-order valence-electron chi connectivity index (χ2n) is 7.02. The molecule has 29 heavy (non-hydrogen) atoms. The predicted molar refractivity (Wildman–Crippen MR) is 107 cm³/mol. The Hall–Kier alpha value is -2.00. The van der Waals surface area contributed by atoms with Crippen LogP contribution in [0.2, 0.25) is 0 Å². The van der Waals surface area contributed by atoms with E-state index in [9.17, 15) is 30.0 Å². The second kappa shape index (κ2) is 14.1. The largest absolute Gasteiger partial charge is 0.459 e. The van der Waals surface area contributed by atoms with E-state index in [0.717, 1.165) is 32.1 Å². The standard InChI is InChI=1S/C21H33NO7/c1-2-3-4-5-6-10-13-22-20(27)19(26)18(25)17(24)16(23)14-29-21(28)15-11-8-7-9-12-15/h7-9,11-12,16-19,23-26H,2-6,10,13-14H2,1H3,(H,22,27). The molecule has 0 saturated carbocycles. The molecule has 5 N–H and O–H groups in total. The molecule has 0 aliphatic carbocycles. The van der Waals surface area contributed by atoms with Crippen LogP contribution in [0, 0.1) is 0 Å². The number of aliphatic hydroxyl groups excluding tert-OH is 4. The molecule has 0 radical (unpaired) electrons. The minimum atomic E-state index is -1.93. The SMILES string of the molecule is CCCCCCCCNC(=O)C(O)C(O)C(O)C(O)COC(=O)c1ccccc1. The Kier molecular flexibility index (Phi) is 12.1. The summed E-state index contributed by atoms with van der Waals surface area (Å²) in [6.07, 6.45) is -1.13. The molecule has 1 amide bonds. The number of nitrogens with one attached hydrogen (secondary N) is 1. The van der Waals surface area contributed by atoms with Gasteiger partial charge in [-0.1, -0.05) is 57.2 Å². The van der Waals surface area contributed by atoms with E-state index < -0.39 is 42.9 Å². The number of amides is 1. The topological polar surface area (TPSA) is 136 Å². The summed E-state index contributed by atoms with van der Waals surface area (Å²) in [4.78, 5) is 23.7. The zero-order valence-electron chi connectivity index (χ0n) is 16.9. The first-order valence-corrected chi connectivity index (χ1v) is 10.1. The average Bonchev–Trinajstić information content (AvgIpc) is 2.75. The Balaban J connectivity index is 2.33. The Morgan fingerprint density at radius 1 is 0.931 bits per heavy atom. The first-order chi connectivity index (χ1) is 13.9. The molecular formula is C21H33NO7. The van der Waals surface area contributed by atoms with Crippen LogP contribution >= 0.6 is 0 Å². The fourth-order valence-corrected chi connectivity index (χ4v) is 2.71. The smallest absolute Gasteiger partial charge is 0.338 e. The molecule has 8 nitrogen and oxygen atoms in total. The van der Waals surface area contributed by atoms with Gasteiger partial charge in [-0.2, -0.15) is 0 Å². The lowest BCUT2D eigenvalue weighted by Gasteiger charge is -2.25. The molecule has 4 atom stereocenters. The molecule has 1 aromatic rings. The highest BCUT2D eigenvalue weighted by Gasteiger charge is 2.34. The van der Waals surface area contributed by atoms with Gasteiger partial charge in [-0.15, -0.1) is 0 Å². The maximum atomic E-state index is 11.9. The summed E-state index contributed by atoms with van der Waals surface area (Å²) in [7, 11) is 0. The zero-order valence-corrected chi connectivity index (χ0v) is 16.9. The molecule has 0 aliphatic rings. The maximum Gasteiger partial charge on any atom is 0.338 e. The van der Waals surface area contributed by atoms with Crippen LogP contribution in [-0.4, -0.2) is 69.9 Å². The summed E-state index contributed by atoms with van der Waals surface area (Å²) >= 11 is 0. The Morgan fingerprint density at radius 2 is 1.55 bits per heavy atom. The van der Waals surface area contributed by atoms with E-state index >= 15 is 0 Å². The lowest BCUT2D eigenvalue weighted by Crippen LogP contribution is -2.52. The third kappa shape index (κ3) is 9.36.